The molecule has 1 aliphatic rings. The number of para-hydroxylation sites is 1. The average molecular weight is 177 g/mol. The zero-order valence-corrected chi connectivity index (χ0v) is 7.83. The van der Waals surface area contributed by atoms with E-state index in [0.717, 1.165) is 12.0 Å². The van der Waals surface area contributed by atoms with Crippen LogP contribution in [0.4, 0.5) is 0 Å². The molecule has 13 heavy (non-hydrogen) atoms. The molecule has 2 nitrogen and oxygen atoms in total. The Balaban J connectivity index is 2.21. The Morgan fingerprint density at radius 2 is 2.08 bits per heavy atom. The van der Waals surface area contributed by atoms with Gasteiger partial charge in [0.05, 0.1) is 0 Å². The fourth-order valence-electron chi connectivity index (χ4n) is 1.95. The first-order chi connectivity index (χ1) is 6.27. The van der Waals surface area contributed by atoms with Crippen LogP contribution >= 0.6 is 0 Å². The van der Waals surface area contributed by atoms with E-state index >= 15 is 0 Å². The molecule has 1 aliphatic heterocycles. The number of phenols is 1. The molecule has 0 aliphatic carbocycles. The van der Waals surface area contributed by atoms with Gasteiger partial charge >= 0.3 is 0 Å². The monoisotopic (exact) mass is 177 g/mol. The molecule has 2 atom stereocenters. The molecular weight excluding hydrogens is 162 g/mol. The van der Waals surface area contributed by atoms with Crippen molar-refractivity contribution in [3.8, 4) is 5.75 Å². The largest absolute Gasteiger partial charge is 0.508 e. The molecule has 1 fully saturated rings. The second-order valence-corrected chi connectivity index (χ2v) is 3.76. The maximum Gasteiger partial charge on any atom is 0.120 e. The number of benzene rings is 1. The Bertz CT molecular complexity index is 298. The lowest BCUT2D eigenvalue weighted by Crippen LogP contribution is -2.20. The van der Waals surface area contributed by atoms with Crippen LogP contribution in [-0.4, -0.2) is 11.1 Å². The van der Waals surface area contributed by atoms with Gasteiger partial charge in [0.1, 0.15) is 5.75 Å². The number of aromatic hydroxyl groups is 1. The van der Waals surface area contributed by atoms with Crippen LogP contribution in [0.1, 0.15) is 31.4 Å². The van der Waals surface area contributed by atoms with Crippen LogP contribution < -0.4 is 5.32 Å². The Morgan fingerprint density at radius 1 is 1.31 bits per heavy atom. The number of hydrogen-bond acceptors (Lipinski definition) is 2. The molecule has 2 heteroatoms. The Labute approximate surface area is 78.6 Å². The molecule has 1 aromatic carbocycles. The maximum absolute atomic E-state index is 9.62. The van der Waals surface area contributed by atoms with E-state index in [0.29, 0.717) is 17.8 Å². The van der Waals surface area contributed by atoms with Crippen LogP contribution in [0.3, 0.4) is 0 Å². The Hall–Kier alpha value is -1.02. The van der Waals surface area contributed by atoms with Crippen molar-refractivity contribution in [3.63, 3.8) is 0 Å². The van der Waals surface area contributed by atoms with E-state index in [2.05, 4.69) is 12.2 Å². The standard InChI is InChI=1S/C11H15NO/c1-8-6-7-10(12-8)9-4-2-3-5-11(9)13/h2-5,8,10,12-13H,6-7H2,1H3. The first-order valence-electron chi connectivity index (χ1n) is 4.81. The van der Waals surface area contributed by atoms with E-state index < -0.39 is 0 Å². The summed E-state index contributed by atoms with van der Waals surface area (Å²) in [4.78, 5) is 0. The summed E-state index contributed by atoms with van der Waals surface area (Å²) >= 11 is 0. The van der Waals surface area contributed by atoms with E-state index in [-0.39, 0.29) is 0 Å². The van der Waals surface area contributed by atoms with Crippen LogP contribution in [-0.2, 0) is 0 Å². The van der Waals surface area contributed by atoms with E-state index in [1.165, 1.54) is 6.42 Å². The molecule has 2 N–H and O–H groups in total. The van der Waals surface area contributed by atoms with Crippen LogP contribution in [0, 0.1) is 0 Å². The van der Waals surface area contributed by atoms with Crippen molar-refractivity contribution < 1.29 is 5.11 Å². The third kappa shape index (κ3) is 1.68. The molecule has 0 spiro atoms. The highest BCUT2D eigenvalue weighted by Crippen LogP contribution is 2.31. The summed E-state index contributed by atoms with van der Waals surface area (Å²) in [5.41, 5.74) is 1.03. The third-order valence-corrected chi connectivity index (χ3v) is 2.69. The lowest BCUT2D eigenvalue weighted by Gasteiger charge is -2.13. The van der Waals surface area contributed by atoms with Crippen LogP contribution in [0.15, 0.2) is 24.3 Å². The minimum atomic E-state index is 0.344. The van der Waals surface area contributed by atoms with Gasteiger partial charge in [-0.2, -0.15) is 0 Å². The second kappa shape index (κ2) is 3.38. The zero-order valence-electron chi connectivity index (χ0n) is 7.83. The van der Waals surface area contributed by atoms with Gasteiger partial charge in [-0.25, -0.2) is 0 Å². The highest BCUT2D eigenvalue weighted by atomic mass is 16.3. The molecule has 70 valence electrons. The smallest absolute Gasteiger partial charge is 0.120 e. The van der Waals surface area contributed by atoms with Crippen molar-refractivity contribution in [3.05, 3.63) is 29.8 Å². The van der Waals surface area contributed by atoms with Gasteiger partial charge < -0.3 is 10.4 Å². The molecule has 1 heterocycles. The second-order valence-electron chi connectivity index (χ2n) is 3.76. The van der Waals surface area contributed by atoms with Crippen LogP contribution in [0.5, 0.6) is 5.75 Å². The molecule has 1 saturated heterocycles. The SMILES string of the molecule is CC1CCC(c2ccccc2O)N1. The summed E-state index contributed by atoms with van der Waals surface area (Å²) in [5.74, 6) is 0.411. The summed E-state index contributed by atoms with van der Waals surface area (Å²) in [6.45, 7) is 2.18. The molecule has 0 saturated carbocycles. The molecule has 2 rings (SSSR count). The quantitative estimate of drug-likeness (QED) is 0.689. The van der Waals surface area contributed by atoms with Gasteiger partial charge in [-0.3, -0.25) is 0 Å². The van der Waals surface area contributed by atoms with Gasteiger partial charge in [0, 0.05) is 17.6 Å². The molecular formula is C11H15NO. The third-order valence-electron chi connectivity index (χ3n) is 2.69. The Morgan fingerprint density at radius 3 is 2.69 bits per heavy atom. The molecule has 2 unspecified atom stereocenters. The van der Waals surface area contributed by atoms with E-state index in [1.807, 2.05) is 18.2 Å². The highest BCUT2D eigenvalue weighted by Gasteiger charge is 2.23. The first kappa shape index (κ1) is 8.57. The van der Waals surface area contributed by atoms with Gasteiger partial charge in [0.15, 0.2) is 0 Å². The summed E-state index contributed by atoms with van der Waals surface area (Å²) in [6.07, 6.45) is 2.32. The fourth-order valence-corrected chi connectivity index (χ4v) is 1.95. The van der Waals surface area contributed by atoms with E-state index in [4.69, 9.17) is 0 Å². The number of phenolic OH excluding ortho intramolecular Hbond substituents is 1. The molecule has 1 aromatic rings. The molecule has 0 aromatic heterocycles. The van der Waals surface area contributed by atoms with Crippen molar-refractivity contribution in [1.82, 2.24) is 5.32 Å². The maximum atomic E-state index is 9.62. The lowest BCUT2D eigenvalue weighted by atomic mass is 10.0. The lowest BCUT2D eigenvalue weighted by molar-refractivity contribution is 0.454. The minimum Gasteiger partial charge on any atom is -0.508 e. The van der Waals surface area contributed by atoms with Crippen molar-refractivity contribution in [1.29, 1.82) is 0 Å². The summed E-state index contributed by atoms with van der Waals surface area (Å²) < 4.78 is 0. The molecule has 0 amide bonds. The zero-order chi connectivity index (χ0) is 9.26. The van der Waals surface area contributed by atoms with E-state index in [9.17, 15) is 5.11 Å². The first-order valence-corrected chi connectivity index (χ1v) is 4.81. The van der Waals surface area contributed by atoms with Crippen molar-refractivity contribution in [2.24, 2.45) is 0 Å². The summed E-state index contributed by atoms with van der Waals surface area (Å²) in [5, 5.41) is 13.1. The van der Waals surface area contributed by atoms with Gasteiger partial charge in [-0.15, -0.1) is 0 Å². The minimum absolute atomic E-state index is 0.344. The average Bonchev–Trinajstić information content (AvgIpc) is 2.53. The topological polar surface area (TPSA) is 32.3 Å². The van der Waals surface area contributed by atoms with Crippen molar-refractivity contribution in [2.45, 2.75) is 31.8 Å². The summed E-state index contributed by atoms with van der Waals surface area (Å²) in [6, 6.07) is 8.49. The van der Waals surface area contributed by atoms with Gasteiger partial charge in [-0.1, -0.05) is 18.2 Å². The number of hydrogen-bond donors (Lipinski definition) is 2. The highest BCUT2D eigenvalue weighted by molar-refractivity contribution is 5.35. The van der Waals surface area contributed by atoms with Crippen molar-refractivity contribution in [2.75, 3.05) is 0 Å². The normalized spacial score (nSPS) is 27.8. The fraction of sp³-hybridized carbons (Fsp3) is 0.455. The predicted octanol–water partition coefficient (Wildman–Crippen LogP) is 2.21. The van der Waals surface area contributed by atoms with Gasteiger partial charge in [-0.05, 0) is 25.8 Å². The summed E-state index contributed by atoms with van der Waals surface area (Å²) in [7, 11) is 0. The number of nitrogens with one attached hydrogen (secondary N) is 1. The van der Waals surface area contributed by atoms with E-state index in [1.54, 1.807) is 6.07 Å². The van der Waals surface area contributed by atoms with Gasteiger partial charge in [0.2, 0.25) is 0 Å². The molecule has 0 bridgehead atoms. The molecule has 0 radical (unpaired) electrons. The van der Waals surface area contributed by atoms with Gasteiger partial charge in [0.25, 0.3) is 0 Å². The van der Waals surface area contributed by atoms with Crippen LogP contribution in [0.2, 0.25) is 0 Å². The Kier molecular flexibility index (Phi) is 2.23. The van der Waals surface area contributed by atoms with Crippen LogP contribution in [0.25, 0.3) is 0 Å². The predicted molar refractivity (Wildman–Crippen MR) is 52.7 cm³/mol. The van der Waals surface area contributed by atoms with Crippen molar-refractivity contribution >= 4 is 0 Å². The number of rotatable bonds is 1.